The number of methoxy groups -OCH3 is 1. The van der Waals surface area contributed by atoms with E-state index in [1.807, 2.05) is 6.92 Å². The molecule has 1 heterocycles. The van der Waals surface area contributed by atoms with Crippen LogP contribution in [0.15, 0.2) is 4.52 Å². The summed E-state index contributed by atoms with van der Waals surface area (Å²) in [5, 5.41) is 3.94. The van der Waals surface area contributed by atoms with Crippen molar-refractivity contribution in [1.29, 1.82) is 0 Å². The Morgan fingerprint density at radius 3 is 2.38 bits per heavy atom. The maximum atomic E-state index is 5.74. The van der Waals surface area contributed by atoms with Gasteiger partial charge in [0.05, 0.1) is 0 Å². The molecule has 0 aliphatic rings. The average molecular weight is 360 g/mol. The Morgan fingerprint density at radius 1 is 1.19 bits per heavy atom. The molecule has 8 heteroatoms. The fourth-order valence-corrected chi connectivity index (χ4v) is 2.20. The second-order valence-electron chi connectivity index (χ2n) is 4.63. The summed E-state index contributed by atoms with van der Waals surface area (Å²) >= 11 is 17.2. The Hall–Kier alpha value is -0.0700. The highest BCUT2D eigenvalue weighted by atomic mass is 35.6. The van der Waals surface area contributed by atoms with Crippen molar-refractivity contribution in [3.05, 3.63) is 11.7 Å². The van der Waals surface area contributed by atoms with Gasteiger partial charge in [-0.05, 0) is 32.6 Å². The maximum absolute atomic E-state index is 5.74. The standard InChI is InChI=1S/C13H21Cl3N2O3/c1-3-20-9-5-7-10(6-4-8-19-2)11-17-12(21-18-11)13(14,15)16/h10H,3-9H2,1-2H3. The molecule has 5 nitrogen and oxygen atoms in total. The van der Waals surface area contributed by atoms with Gasteiger partial charge in [-0.2, -0.15) is 4.98 Å². The second kappa shape index (κ2) is 9.85. The predicted molar refractivity (Wildman–Crippen MR) is 83.1 cm³/mol. The number of hydrogen-bond donors (Lipinski definition) is 0. The van der Waals surface area contributed by atoms with Crippen LogP contribution in [0.25, 0.3) is 0 Å². The first-order chi connectivity index (χ1) is 9.99. The third-order valence-corrected chi connectivity index (χ3v) is 3.48. The minimum Gasteiger partial charge on any atom is -0.385 e. The summed E-state index contributed by atoms with van der Waals surface area (Å²) in [6.07, 6.45) is 3.61. The Morgan fingerprint density at radius 2 is 1.86 bits per heavy atom. The van der Waals surface area contributed by atoms with E-state index in [0.717, 1.165) is 25.7 Å². The highest BCUT2D eigenvalue weighted by Crippen LogP contribution is 2.38. The van der Waals surface area contributed by atoms with Crippen LogP contribution >= 0.6 is 34.8 Å². The molecule has 1 unspecified atom stereocenters. The fourth-order valence-electron chi connectivity index (χ4n) is 1.97. The normalized spacial score (nSPS) is 13.6. The number of aromatic nitrogens is 2. The number of halogens is 3. The van der Waals surface area contributed by atoms with Crippen molar-refractivity contribution in [2.75, 3.05) is 26.9 Å². The topological polar surface area (TPSA) is 57.4 Å². The third-order valence-electron chi connectivity index (χ3n) is 3.00. The largest absolute Gasteiger partial charge is 0.385 e. The number of ether oxygens (including phenoxy) is 2. The lowest BCUT2D eigenvalue weighted by atomic mass is 9.97. The van der Waals surface area contributed by atoms with Crippen LogP contribution < -0.4 is 0 Å². The molecular weight excluding hydrogens is 339 g/mol. The van der Waals surface area contributed by atoms with Crippen molar-refractivity contribution in [2.45, 2.75) is 42.3 Å². The summed E-state index contributed by atoms with van der Waals surface area (Å²) in [5.41, 5.74) is 0. The molecule has 0 amide bonds. The molecule has 1 aromatic rings. The van der Waals surface area contributed by atoms with E-state index in [1.54, 1.807) is 7.11 Å². The van der Waals surface area contributed by atoms with Crippen LogP contribution in [0.2, 0.25) is 0 Å². The van der Waals surface area contributed by atoms with Crippen molar-refractivity contribution in [3.8, 4) is 0 Å². The molecule has 122 valence electrons. The van der Waals surface area contributed by atoms with E-state index in [2.05, 4.69) is 10.1 Å². The third kappa shape index (κ3) is 7.15. The van der Waals surface area contributed by atoms with Gasteiger partial charge in [0.25, 0.3) is 9.68 Å². The zero-order valence-corrected chi connectivity index (χ0v) is 14.5. The van der Waals surface area contributed by atoms with Gasteiger partial charge in [-0.25, -0.2) is 0 Å². The Bertz CT molecular complexity index is 396. The van der Waals surface area contributed by atoms with Crippen molar-refractivity contribution >= 4 is 34.8 Å². The van der Waals surface area contributed by atoms with E-state index in [0.29, 0.717) is 25.6 Å². The molecule has 21 heavy (non-hydrogen) atoms. The van der Waals surface area contributed by atoms with Crippen molar-refractivity contribution in [2.24, 2.45) is 0 Å². The number of alkyl halides is 3. The number of rotatable bonds is 10. The van der Waals surface area contributed by atoms with Crippen LogP contribution in [0.1, 0.15) is 50.2 Å². The van der Waals surface area contributed by atoms with E-state index in [-0.39, 0.29) is 11.8 Å². The van der Waals surface area contributed by atoms with Crippen LogP contribution in [0.4, 0.5) is 0 Å². The molecule has 1 rings (SSSR count). The Balaban J connectivity index is 2.63. The summed E-state index contributed by atoms with van der Waals surface area (Å²) in [4.78, 5) is 4.20. The first kappa shape index (κ1) is 19.0. The van der Waals surface area contributed by atoms with E-state index in [4.69, 9.17) is 48.8 Å². The first-order valence-electron chi connectivity index (χ1n) is 6.96. The van der Waals surface area contributed by atoms with Crippen LogP contribution in [0.3, 0.4) is 0 Å². The zero-order chi connectivity index (χ0) is 15.7. The number of hydrogen-bond acceptors (Lipinski definition) is 5. The maximum Gasteiger partial charge on any atom is 0.278 e. The van der Waals surface area contributed by atoms with Gasteiger partial charge in [-0.3, -0.25) is 0 Å². The van der Waals surface area contributed by atoms with E-state index >= 15 is 0 Å². The van der Waals surface area contributed by atoms with Crippen molar-refractivity contribution in [1.82, 2.24) is 10.1 Å². The van der Waals surface area contributed by atoms with Crippen LogP contribution in [-0.2, 0) is 13.3 Å². The van der Waals surface area contributed by atoms with Crippen LogP contribution in [0.5, 0.6) is 0 Å². The summed E-state index contributed by atoms with van der Waals surface area (Å²) < 4.78 is 13.8. The highest BCUT2D eigenvalue weighted by Gasteiger charge is 2.31. The molecule has 0 aliphatic carbocycles. The Labute approximate surface area is 140 Å². The molecule has 0 N–H and O–H groups in total. The molecular formula is C13H21Cl3N2O3. The smallest absolute Gasteiger partial charge is 0.278 e. The zero-order valence-electron chi connectivity index (χ0n) is 12.3. The molecule has 0 saturated carbocycles. The predicted octanol–water partition coefficient (Wildman–Crippen LogP) is 4.22. The van der Waals surface area contributed by atoms with Crippen molar-refractivity contribution in [3.63, 3.8) is 0 Å². The van der Waals surface area contributed by atoms with Gasteiger partial charge in [-0.15, -0.1) is 0 Å². The summed E-state index contributed by atoms with van der Waals surface area (Å²) in [6, 6.07) is 0. The number of nitrogens with zero attached hydrogens (tertiary/aromatic N) is 2. The second-order valence-corrected chi connectivity index (χ2v) is 6.91. The molecule has 0 spiro atoms. The molecule has 0 aromatic carbocycles. The summed E-state index contributed by atoms with van der Waals surface area (Å²) in [7, 11) is 1.68. The molecule has 0 bridgehead atoms. The van der Waals surface area contributed by atoms with E-state index in [9.17, 15) is 0 Å². The molecule has 1 atom stereocenters. The van der Waals surface area contributed by atoms with E-state index in [1.165, 1.54) is 0 Å². The molecule has 0 fully saturated rings. The minimum atomic E-state index is -1.69. The molecule has 0 radical (unpaired) electrons. The van der Waals surface area contributed by atoms with Gasteiger partial charge in [0.1, 0.15) is 0 Å². The highest BCUT2D eigenvalue weighted by molar-refractivity contribution is 6.66. The monoisotopic (exact) mass is 358 g/mol. The quantitative estimate of drug-likeness (QED) is 0.462. The summed E-state index contributed by atoms with van der Waals surface area (Å²) in [5.74, 6) is 0.721. The van der Waals surface area contributed by atoms with Gasteiger partial charge in [0.15, 0.2) is 5.82 Å². The van der Waals surface area contributed by atoms with Gasteiger partial charge in [-0.1, -0.05) is 40.0 Å². The van der Waals surface area contributed by atoms with Gasteiger partial charge >= 0.3 is 0 Å². The summed E-state index contributed by atoms with van der Waals surface area (Å²) in [6.45, 7) is 4.10. The lowest BCUT2D eigenvalue weighted by Gasteiger charge is -2.12. The van der Waals surface area contributed by atoms with Crippen LogP contribution in [0, 0.1) is 0 Å². The van der Waals surface area contributed by atoms with Crippen molar-refractivity contribution < 1.29 is 14.0 Å². The molecule has 0 aliphatic heterocycles. The minimum absolute atomic E-state index is 0.00375. The first-order valence-corrected chi connectivity index (χ1v) is 8.09. The Kier molecular flexibility index (Phi) is 8.90. The molecule has 0 saturated heterocycles. The van der Waals surface area contributed by atoms with Gasteiger partial charge in [0, 0.05) is 32.8 Å². The van der Waals surface area contributed by atoms with Gasteiger partial charge in [0.2, 0.25) is 0 Å². The van der Waals surface area contributed by atoms with Crippen LogP contribution in [-0.4, -0.2) is 37.1 Å². The van der Waals surface area contributed by atoms with E-state index < -0.39 is 3.79 Å². The fraction of sp³-hybridized carbons (Fsp3) is 0.846. The lowest BCUT2D eigenvalue weighted by molar-refractivity contribution is 0.140. The molecule has 1 aromatic heterocycles. The average Bonchev–Trinajstić information content (AvgIpc) is 2.91. The SMILES string of the molecule is CCOCCCC(CCCOC)c1noc(C(Cl)(Cl)Cl)n1. The lowest BCUT2D eigenvalue weighted by Crippen LogP contribution is -2.07. The van der Waals surface area contributed by atoms with Gasteiger partial charge < -0.3 is 14.0 Å².